The molecule has 2 atom stereocenters. The molecule has 384 valence electrons. The van der Waals surface area contributed by atoms with E-state index in [0.29, 0.717) is 0 Å². The van der Waals surface area contributed by atoms with Crippen LogP contribution >= 0.6 is 11.3 Å². The number of para-hydroxylation sites is 1. The van der Waals surface area contributed by atoms with Gasteiger partial charge in [0.25, 0.3) is 6.71 Å². The molecule has 3 aliphatic carbocycles. The second-order valence-electron chi connectivity index (χ2n) is 27.3. The van der Waals surface area contributed by atoms with Crippen LogP contribution in [0, 0.1) is 0 Å². The van der Waals surface area contributed by atoms with Crippen LogP contribution in [0.1, 0.15) is 148 Å². The summed E-state index contributed by atoms with van der Waals surface area (Å²) in [5.41, 5.74) is 24.7. The van der Waals surface area contributed by atoms with Crippen molar-refractivity contribution in [2.24, 2.45) is 0 Å². The molecule has 3 nitrogen and oxygen atoms in total. The van der Waals surface area contributed by atoms with Gasteiger partial charge in [0.2, 0.25) is 0 Å². The van der Waals surface area contributed by atoms with E-state index in [-0.39, 0.29) is 39.3 Å². The number of thiophene rings is 1. The number of hydrogen-bond donors (Lipinski definition) is 0. The molecule has 0 radical (unpaired) electrons. The summed E-state index contributed by atoms with van der Waals surface area (Å²) in [4.78, 5) is 8.20. The van der Waals surface area contributed by atoms with Crippen molar-refractivity contribution in [2.45, 2.75) is 153 Å². The average molecular weight is 1020 g/mol. The van der Waals surface area contributed by atoms with Gasteiger partial charge < -0.3 is 14.7 Å². The number of benzene rings is 8. The Balaban J connectivity index is 1.03. The maximum atomic E-state index is 2.88. The van der Waals surface area contributed by atoms with Crippen LogP contribution in [0.5, 0.6) is 0 Å². The van der Waals surface area contributed by atoms with E-state index in [9.17, 15) is 0 Å². The Kier molecular flexibility index (Phi) is 9.92. The van der Waals surface area contributed by atoms with Crippen molar-refractivity contribution in [2.75, 3.05) is 14.7 Å². The molecule has 15 rings (SSSR count). The molecule has 77 heavy (non-hydrogen) atoms. The smallest absolute Gasteiger partial charge is 0.252 e. The molecule has 4 heterocycles. The van der Waals surface area contributed by atoms with E-state index in [2.05, 4.69) is 242 Å². The lowest BCUT2D eigenvalue weighted by atomic mass is 9.33. The number of anilines is 8. The van der Waals surface area contributed by atoms with E-state index < -0.39 is 0 Å². The van der Waals surface area contributed by atoms with Crippen LogP contribution in [0.2, 0.25) is 0 Å². The highest BCUT2D eigenvalue weighted by molar-refractivity contribution is 7.25. The normalized spacial score (nSPS) is 22.4. The lowest BCUT2D eigenvalue weighted by Crippen LogP contribution is -2.64. The van der Waals surface area contributed by atoms with Gasteiger partial charge in [0.15, 0.2) is 0 Å². The molecule has 3 aliphatic heterocycles. The highest BCUT2D eigenvalue weighted by atomic mass is 32.1. The van der Waals surface area contributed by atoms with Gasteiger partial charge in [-0.15, -0.1) is 11.3 Å². The van der Waals surface area contributed by atoms with Crippen molar-refractivity contribution in [3.05, 3.63) is 186 Å². The minimum atomic E-state index is -0.0704. The fraction of sp³-hybridized carbons (Fsp3) is 0.333. The van der Waals surface area contributed by atoms with Gasteiger partial charge in [0.05, 0.1) is 5.54 Å². The zero-order valence-electron chi connectivity index (χ0n) is 47.0. The first-order chi connectivity index (χ1) is 36.9. The second-order valence-corrected chi connectivity index (χ2v) is 28.4. The summed E-state index contributed by atoms with van der Waals surface area (Å²) in [6.07, 6.45) is 9.61. The highest BCUT2D eigenvalue weighted by Gasteiger charge is 2.61. The molecular formula is C72H72BN3S. The van der Waals surface area contributed by atoms with Crippen LogP contribution in [0.15, 0.2) is 158 Å². The Hall–Kier alpha value is -6.56. The first-order valence-electron chi connectivity index (χ1n) is 29.0. The topological polar surface area (TPSA) is 9.72 Å². The minimum Gasteiger partial charge on any atom is -0.335 e. The molecule has 0 spiro atoms. The molecule has 0 saturated heterocycles. The minimum absolute atomic E-state index is 0.0228. The average Bonchev–Trinajstić information content (AvgIpc) is 3.63. The largest absolute Gasteiger partial charge is 0.335 e. The quantitative estimate of drug-likeness (QED) is 0.159. The summed E-state index contributed by atoms with van der Waals surface area (Å²) in [5, 5.41) is 2.64. The van der Waals surface area contributed by atoms with Crippen molar-refractivity contribution in [3.8, 4) is 11.1 Å². The molecule has 0 N–H and O–H groups in total. The lowest BCUT2D eigenvalue weighted by molar-refractivity contribution is 0.195. The van der Waals surface area contributed by atoms with Gasteiger partial charge in [0, 0.05) is 71.1 Å². The van der Waals surface area contributed by atoms with Crippen molar-refractivity contribution >= 4 is 100 Å². The summed E-state index contributed by atoms with van der Waals surface area (Å²) in [5.74, 6) is 0. The molecule has 9 aromatic rings. The summed E-state index contributed by atoms with van der Waals surface area (Å²) >= 11 is 1.90. The van der Waals surface area contributed by atoms with Gasteiger partial charge in [-0.1, -0.05) is 160 Å². The standard InChI is InChI=1S/C72H72BN3S/c1-67(2)35-37-69(5,6)56-42-48(25-29-53(56)67)74(49-26-30-54-57(43-49)70(7,8)38-36-68(54,3)4)50-27-31-58-60(44-50)75(47-28-32-64-52(41-47)51-21-14-15-24-63(51)77-64)61-39-46(45-19-12-11-13-20-45)40-62-65(61)73(58)59-23-18-22-55-66(59)76(62)72(10)34-17-16-33-71(55,72)9/h11-15,18-32,39-44H,16-17,33-38H2,1-10H3. The number of hydrogen-bond acceptors (Lipinski definition) is 4. The molecule has 5 heteroatoms. The van der Waals surface area contributed by atoms with Gasteiger partial charge in [-0.3, -0.25) is 0 Å². The maximum absolute atomic E-state index is 2.88. The van der Waals surface area contributed by atoms with E-state index in [1.165, 1.54) is 172 Å². The number of rotatable bonds is 5. The van der Waals surface area contributed by atoms with Crippen LogP contribution < -0.4 is 31.1 Å². The van der Waals surface area contributed by atoms with Gasteiger partial charge in [-0.05, 0) is 195 Å². The summed E-state index contributed by atoms with van der Waals surface area (Å²) in [7, 11) is 0. The summed E-state index contributed by atoms with van der Waals surface area (Å²) in [6, 6.07) is 62.7. The molecule has 0 amide bonds. The van der Waals surface area contributed by atoms with E-state index in [0.717, 1.165) is 0 Å². The fourth-order valence-corrected chi connectivity index (χ4v) is 17.3. The van der Waals surface area contributed by atoms with Crippen LogP contribution in [-0.2, 0) is 27.1 Å². The van der Waals surface area contributed by atoms with Crippen molar-refractivity contribution in [1.29, 1.82) is 0 Å². The highest BCUT2D eigenvalue weighted by Crippen LogP contribution is 2.62. The van der Waals surface area contributed by atoms with E-state index >= 15 is 0 Å². The van der Waals surface area contributed by atoms with E-state index in [4.69, 9.17) is 0 Å². The predicted octanol–water partition coefficient (Wildman–Crippen LogP) is 18.2. The lowest BCUT2D eigenvalue weighted by Gasteiger charge is -2.53. The zero-order valence-corrected chi connectivity index (χ0v) is 47.8. The molecular weight excluding hydrogens is 950 g/mol. The van der Waals surface area contributed by atoms with Crippen LogP contribution in [0.25, 0.3) is 31.3 Å². The Labute approximate surface area is 462 Å². The third-order valence-electron chi connectivity index (χ3n) is 21.1. The van der Waals surface area contributed by atoms with Gasteiger partial charge in [0.1, 0.15) is 0 Å². The predicted molar refractivity (Wildman–Crippen MR) is 332 cm³/mol. The second kappa shape index (κ2) is 16.0. The van der Waals surface area contributed by atoms with Crippen LogP contribution in [-0.4, -0.2) is 12.3 Å². The molecule has 1 fully saturated rings. The SMILES string of the molecule is CC1(C)CCC(C)(C)c2cc(N(c3ccc4c(c3)N(c3ccc5sc6ccccc6c5c3)c3cc(-c5ccccc5)cc5c3B4c3cccc4c3N5C3(C)CCCCC43C)c3ccc4c(c3)C(C)(C)CCC4(C)C)ccc21. The molecule has 8 aromatic carbocycles. The monoisotopic (exact) mass is 1020 g/mol. The molecule has 1 saturated carbocycles. The van der Waals surface area contributed by atoms with E-state index in [1.807, 2.05) is 11.3 Å². The first kappa shape index (κ1) is 47.6. The van der Waals surface area contributed by atoms with Crippen LogP contribution in [0.4, 0.5) is 45.5 Å². The molecule has 6 aliphatic rings. The van der Waals surface area contributed by atoms with E-state index in [1.54, 1.807) is 0 Å². The Morgan fingerprint density at radius 3 is 1.73 bits per heavy atom. The molecule has 2 unspecified atom stereocenters. The third-order valence-corrected chi connectivity index (χ3v) is 22.3. The zero-order chi connectivity index (χ0) is 52.8. The van der Waals surface area contributed by atoms with Crippen LogP contribution in [0.3, 0.4) is 0 Å². The third kappa shape index (κ3) is 6.62. The summed E-state index contributed by atoms with van der Waals surface area (Å²) < 4.78 is 2.66. The Morgan fingerprint density at radius 1 is 0.429 bits per heavy atom. The molecule has 0 bridgehead atoms. The molecule has 1 aromatic heterocycles. The maximum Gasteiger partial charge on any atom is 0.252 e. The van der Waals surface area contributed by atoms with Gasteiger partial charge in [-0.2, -0.15) is 0 Å². The summed E-state index contributed by atoms with van der Waals surface area (Å²) in [6.45, 7) is 24.9. The number of fused-ring (bicyclic) bond motifs is 12. The van der Waals surface area contributed by atoms with Gasteiger partial charge >= 0.3 is 0 Å². The fourth-order valence-electron chi connectivity index (χ4n) is 16.2. The Morgan fingerprint density at radius 2 is 1.03 bits per heavy atom. The van der Waals surface area contributed by atoms with Gasteiger partial charge in [-0.25, -0.2) is 0 Å². The first-order valence-corrected chi connectivity index (χ1v) is 29.8. The van der Waals surface area contributed by atoms with Crippen molar-refractivity contribution < 1.29 is 0 Å². The van der Waals surface area contributed by atoms with Crippen molar-refractivity contribution in [1.82, 2.24) is 0 Å². The van der Waals surface area contributed by atoms with Crippen molar-refractivity contribution in [3.63, 3.8) is 0 Å². The number of nitrogens with zero attached hydrogens (tertiary/aromatic N) is 3. The Bertz CT molecular complexity index is 3890.